The highest BCUT2D eigenvalue weighted by atomic mass is 32.1. The summed E-state index contributed by atoms with van der Waals surface area (Å²) in [7, 11) is 0. The minimum Gasteiger partial charge on any atom is -0.313 e. The first kappa shape index (κ1) is 12.6. The molecule has 0 aliphatic heterocycles. The van der Waals surface area contributed by atoms with Gasteiger partial charge in [-0.15, -0.1) is 0 Å². The van der Waals surface area contributed by atoms with Crippen LogP contribution in [-0.4, -0.2) is 21.9 Å². The first-order chi connectivity index (χ1) is 7.19. The number of hydrogen-bond donors (Lipinski definition) is 1. The fourth-order valence-electron chi connectivity index (χ4n) is 1.67. The van der Waals surface area contributed by atoms with Gasteiger partial charge in [0.25, 0.3) is 0 Å². The van der Waals surface area contributed by atoms with Crippen LogP contribution >= 0.6 is 11.5 Å². The maximum atomic E-state index is 4.45. The Balaban J connectivity index is 2.59. The maximum absolute atomic E-state index is 4.45. The van der Waals surface area contributed by atoms with Crippen molar-refractivity contribution in [3.8, 4) is 0 Å². The monoisotopic (exact) mass is 227 g/mol. The zero-order chi connectivity index (χ0) is 11.3. The summed E-state index contributed by atoms with van der Waals surface area (Å²) in [6, 6.07) is 0.525. The number of aryl methyl sites for hydroxylation is 1. The predicted molar refractivity (Wildman–Crippen MR) is 65.4 cm³/mol. The van der Waals surface area contributed by atoms with Crippen LogP contribution in [0.1, 0.15) is 50.4 Å². The highest BCUT2D eigenvalue weighted by molar-refractivity contribution is 7.05. The zero-order valence-electron chi connectivity index (χ0n) is 10.1. The van der Waals surface area contributed by atoms with Gasteiger partial charge in [-0.3, -0.25) is 0 Å². The van der Waals surface area contributed by atoms with E-state index in [9.17, 15) is 0 Å². The third-order valence-electron chi connectivity index (χ3n) is 2.63. The Hall–Kier alpha value is -0.480. The van der Waals surface area contributed by atoms with E-state index in [2.05, 4.69) is 35.4 Å². The van der Waals surface area contributed by atoms with Crippen LogP contribution in [0, 0.1) is 6.92 Å². The van der Waals surface area contributed by atoms with Crippen LogP contribution in [-0.2, 0) is 0 Å². The molecule has 1 N–H and O–H groups in total. The van der Waals surface area contributed by atoms with Crippen LogP contribution in [0.15, 0.2) is 0 Å². The second-order valence-corrected chi connectivity index (χ2v) is 4.72. The summed E-state index contributed by atoms with van der Waals surface area (Å²) in [5, 5.41) is 4.72. The second kappa shape index (κ2) is 6.18. The molecule has 0 aliphatic rings. The van der Waals surface area contributed by atoms with Gasteiger partial charge in [0.2, 0.25) is 0 Å². The Morgan fingerprint density at radius 3 is 2.60 bits per heavy atom. The van der Waals surface area contributed by atoms with E-state index in [0.29, 0.717) is 12.0 Å². The van der Waals surface area contributed by atoms with Crippen molar-refractivity contribution in [2.45, 2.75) is 52.5 Å². The van der Waals surface area contributed by atoms with Gasteiger partial charge in [-0.05, 0) is 37.8 Å². The molecule has 0 saturated carbocycles. The molecule has 1 heterocycles. The third-order valence-corrected chi connectivity index (χ3v) is 3.64. The van der Waals surface area contributed by atoms with Gasteiger partial charge in [0.15, 0.2) is 0 Å². The Kier molecular flexibility index (Phi) is 5.19. The van der Waals surface area contributed by atoms with Crippen molar-refractivity contribution in [3.63, 3.8) is 0 Å². The summed E-state index contributed by atoms with van der Waals surface area (Å²) < 4.78 is 4.24. The van der Waals surface area contributed by atoms with Crippen molar-refractivity contribution >= 4 is 11.5 Å². The molecule has 0 saturated heterocycles. The van der Waals surface area contributed by atoms with Crippen molar-refractivity contribution in [1.82, 2.24) is 14.7 Å². The summed E-state index contributed by atoms with van der Waals surface area (Å²) in [6.45, 7) is 9.68. The lowest BCUT2D eigenvalue weighted by Crippen LogP contribution is -2.33. The van der Waals surface area contributed by atoms with Crippen molar-refractivity contribution in [1.29, 1.82) is 0 Å². The van der Waals surface area contributed by atoms with E-state index in [4.69, 9.17) is 0 Å². The minimum atomic E-state index is 0.466. The van der Waals surface area contributed by atoms with Crippen molar-refractivity contribution < 1.29 is 0 Å². The van der Waals surface area contributed by atoms with E-state index in [1.165, 1.54) is 18.0 Å². The topological polar surface area (TPSA) is 37.8 Å². The van der Waals surface area contributed by atoms with Crippen LogP contribution in [0.4, 0.5) is 0 Å². The predicted octanol–water partition coefficient (Wildman–Crippen LogP) is 2.73. The molecule has 1 rings (SSSR count). The van der Waals surface area contributed by atoms with Gasteiger partial charge in [-0.2, -0.15) is 4.37 Å². The molecule has 4 heteroatoms. The fourth-order valence-corrected chi connectivity index (χ4v) is 2.44. The molecular formula is C11H21N3S. The van der Waals surface area contributed by atoms with Crippen LogP contribution in [0.25, 0.3) is 0 Å². The largest absolute Gasteiger partial charge is 0.313 e. The molecule has 15 heavy (non-hydrogen) atoms. The molecule has 0 bridgehead atoms. The highest BCUT2D eigenvalue weighted by Crippen LogP contribution is 2.22. The average molecular weight is 227 g/mol. The Morgan fingerprint density at radius 1 is 1.40 bits per heavy atom. The summed E-state index contributed by atoms with van der Waals surface area (Å²) in [5.74, 6) is 1.36. The lowest BCUT2D eigenvalue weighted by atomic mass is 10.0. The molecule has 3 nitrogen and oxygen atoms in total. The van der Waals surface area contributed by atoms with Gasteiger partial charge >= 0.3 is 0 Å². The quantitative estimate of drug-likeness (QED) is 0.812. The standard InChI is InChI=1S/C11H21N3S/c1-5-7-12-10(6-2)8(3)11-13-9(4)14-15-11/h8,10,12H,5-7H2,1-4H3. The lowest BCUT2D eigenvalue weighted by molar-refractivity contribution is 0.437. The van der Waals surface area contributed by atoms with E-state index >= 15 is 0 Å². The Morgan fingerprint density at radius 2 is 2.13 bits per heavy atom. The second-order valence-electron chi connectivity index (χ2n) is 3.94. The number of hydrogen-bond acceptors (Lipinski definition) is 4. The molecule has 1 aromatic heterocycles. The van der Waals surface area contributed by atoms with Gasteiger partial charge in [0.1, 0.15) is 10.8 Å². The minimum absolute atomic E-state index is 0.466. The van der Waals surface area contributed by atoms with Crippen LogP contribution in [0.3, 0.4) is 0 Å². The first-order valence-corrected chi connectivity index (χ1v) is 6.49. The molecule has 0 spiro atoms. The van der Waals surface area contributed by atoms with Gasteiger partial charge in [0, 0.05) is 12.0 Å². The van der Waals surface area contributed by atoms with Gasteiger partial charge in [0.05, 0.1) is 0 Å². The maximum Gasteiger partial charge on any atom is 0.139 e. The molecule has 0 aliphatic carbocycles. The summed E-state index contributed by atoms with van der Waals surface area (Å²) in [4.78, 5) is 4.45. The molecular weight excluding hydrogens is 206 g/mol. The van der Waals surface area contributed by atoms with E-state index in [-0.39, 0.29) is 0 Å². The van der Waals surface area contributed by atoms with Crippen molar-refractivity contribution in [2.75, 3.05) is 6.54 Å². The molecule has 0 amide bonds. The van der Waals surface area contributed by atoms with E-state index in [1.807, 2.05) is 6.92 Å². The van der Waals surface area contributed by atoms with E-state index in [0.717, 1.165) is 23.8 Å². The molecule has 2 unspecified atom stereocenters. The van der Waals surface area contributed by atoms with Crippen LogP contribution in [0.5, 0.6) is 0 Å². The van der Waals surface area contributed by atoms with E-state index in [1.54, 1.807) is 0 Å². The Labute approximate surface area is 96.5 Å². The van der Waals surface area contributed by atoms with Gasteiger partial charge in [-0.1, -0.05) is 20.8 Å². The average Bonchev–Trinajstić information content (AvgIpc) is 2.65. The van der Waals surface area contributed by atoms with E-state index < -0.39 is 0 Å². The van der Waals surface area contributed by atoms with Gasteiger partial charge in [-0.25, -0.2) is 4.98 Å². The number of aromatic nitrogens is 2. The summed E-state index contributed by atoms with van der Waals surface area (Å²) in [5.41, 5.74) is 0. The van der Waals surface area contributed by atoms with Crippen LogP contribution < -0.4 is 5.32 Å². The number of nitrogens with one attached hydrogen (secondary N) is 1. The lowest BCUT2D eigenvalue weighted by Gasteiger charge is -2.21. The Bertz CT molecular complexity index is 285. The highest BCUT2D eigenvalue weighted by Gasteiger charge is 2.19. The SMILES string of the molecule is CCCNC(CC)C(C)c1nc(C)ns1. The van der Waals surface area contributed by atoms with Gasteiger partial charge < -0.3 is 5.32 Å². The fraction of sp³-hybridized carbons (Fsp3) is 0.818. The van der Waals surface area contributed by atoms with Crippen molar-refractivity contribution in [3.05, 3.63) is 10.8 Å². The van der Waals surface area contributed by atoms with Crippen LogP contribution in [0.2, 0.25) is 0 Å². The molecule has 0 fully saturated rings. The van der Waals surface area contributed by atoms with Crippen molar-refractivity contribution in [2.24, 2.45) is 0 Å². The number of rotatable bonds is 6. The summed E-state index contributed by atoms with van der Waals surface area (Å²) >= 11 is 1.53. The third kappa shape index (κ3) is 3.54. The normalized spacial score (nSPS) is 15.2. The zero-order valence-corrected chi connectivity index (χ0v) is 10.9. The molecule has 0 aromatic carbocycles. The molecule has 2 atom stereocenters. The molecule has 0 radical (unpaired) electrons. The first-order valence-electron chi connectivity index (χ1n) is 5.72. The smallest absolute Gasteiger partial charge is 0.139 e. The summed E-state index contributed by atoms with van der Waals surface area (Å²) in [6.07, 6.45) is 2.32. The molecule has 86 valence electrons. The number of nitrogens with zero attached hydrogens (tertiary/aromatic N) is 2. The molecule has 1 aromatic rings.